The number of imide groups is 1. The van der Waals surface area contributed by atoms with E-state index in [0.29, 0.717) is 5.69 Å². The molecule has 0 bridgehead atoms. The van der Waals surface area contributed by atoms with E-state index in [2.05, 4.69) is 10.6 Å². The van der Waals surface area contributed by atoms with Crippen LogP contribution in [0.2, 0.25) is 0 Å². The molecule has 102 valence electrons. The molecule has 1 rings (SSSR count). The molecule has 0 heterocycles. The third kappa shape index (κ3) is 4.79. The van der Waals surface area contributed by atoms with Crippen molar-refractivity contribution in [1.29, 1.82) is 0 Å². The highest BCUT2D eigenvalue weighted by Crippen LogP contribution is 2.18. The van der Waals surface area contributed by atoms with Crippen molar-refractivity contribution in [3.8, 4) is 0 Å². The number of aliphatic carboxylic acids is 1. The Labute approximate surface area is 110 Å². The molecule has 6 nitrogen and oxygen atoms in total. The van der Waals surface area contributed by atoms with Gasteiger partial charge in [-0.3, -0.25) is 14.9 Å². The number of nitrogens with one attached hydrogen (secondary N) is 2. The van der Waals surface area contributed by atoms with Crippen molar-refractivity contribution in [1.82, 2.24) is 5.32 Å². The van der Waals surface area contributed by atoms with Gasteiger partial charge in [0.25, 0.3) is 0 Å². The first-order chi connectivity index (χ1) is 8.90. The lowest BCUT2D eigenvalue weighted by atomic mass is 10.1. The number of aryl methyl sites for hydroxylation is 2. The smallest absolute Gasteiger partial charge is 0.325 e. The highest BCUT2D eigenvalue weighted by atomic mass is 16.4. The molecule has 0 saturated carbocycles. The maximum Gasteiger partial charge on any atom is 0.325 e. The minimum atomic E-state index is -1.08. The maximum atomic E-state index is 11.6. The highest BCUT2D eigenvalue weighted by molar-refractivity contribution is 6.02. The van der Waals surface area contributed by atoms with Crippen LogP contribution in [-0.4, -0.2) is 23.0 Å². The van der Waals surface area contributed by atoms with Crippen LogP contribution in [0.1, 0.15) is 24.0 Å². The van der Waals surface area contributed by atoms with Crippen LogP contribution in [0.4, 0.5) is 10.5 Å². The Morgan fingerprint density at radius 2 is 1.68 bits per heavy atom. The number of anilines is 1. The largest absolute Gasteiger partial charge is 0.481 e. The summed E-state index contributed by atoms with van der Waals surface area (Å²) in [6, 6.07) is 4.89. The fraction of sp³-hybridized carbons (Fsp3) is 0.308. The summed E-state index contributed by atoms with van der Waals surface area (Å²) in [5.74, 6) is -1.70. The molecule has 6 heteroatoms. The van der Waals surface area contributed by atoms with E-state index < -0.39 is 17.9 Å². The quantitative estimate of drug-likeness (QED) is 0.772. The number of carboxylic acid groups (broad SMARTS) is 1. The molecule has 0 aliphatic heterocycles. The summed E-state index contributed by atoms with van der Waals surface area (Å²) >= 11 is 0. The monoisotopic (exact) mass is 264 g/mol. The average Bonchev–Trinajstić information content (AvgIpc) is 2.31. The Kier molecular flexibility index (Phi) is 5.05. The molecule has 0 radical (unpaired) electrons. The Bertz CT molecular complexity index is 491. The predicted octanol–water partition coefficient (Wildman–Crippen LogP) is 1.82. The van der Waals surface area contributed by atoms with Crippen LogP contribution in [-0.2, 0) is 9.59 Å². The molecule has 0 fully saturated rings. The number of amides is 3. The maximum absolute atomic E-state index is 11.6. The fourth-order valence-electron chi connectivity index (χ4n) is 1.57. The number of carboxylic acids is 1. The van der Waals surface area contributed by atoms with Gasteiger partial charge in [0.05, 0.1) is 6.42 Å². The van der Waals surface area contributed by atoms with Gasteiger partial charge in [-0.2, -0.15) is 0 Å². The van der Waals surface area contributed by atoms with E-state index in [1.165, 1.54) is 0 Å². The van der Waals surface area contributed by atoms with Crippen molar-refractivity contribution >= 4 is 23.6 Å². The number of carbonyl (C=O) groups excluding carboxylic acids is 2. The van der Waals surface area contributed by atoms with Crippen LogP contribution in [0, 0.1) is 13.8 Å². The molecule has 0 aliphatic rings. The zero-order valence-electron chi connectivity index (χ0n) is 10.8. The summed E-state index contributed by atoms with van der Waals surface area (Å²) in [6.45, 7) is 3.68. The van der Waals surface area contributed by atoms with Crippen LogP contribution in [0.5, 0.6) is 0 Å². The lowest BCUT2D eigenvalue weighted by Crippen LogP contribution is -2.34. The van der Waals surface area contributed by atoms with Crippen LogP contribution < -0.4 is 10.6 Å². The van der Waals surface area contributed by atoms with Crippen molar-refractivity contribution in [2.45, 2.75) is 26.7 Å². The van der Waals surface area contributed by atoms with Crippen LogP contribution in [0.25, 0.3) is 0 Å². The molecule has 0 saturated heterocycles. The third-order valence-electron chi connectivity index (χ3n) is 2.54. The molecule has 19 heavy (non-hydrogen) atoms. The van der Waals surface area contributed by atoms with E-state index in [4.69, 9.17) is 5.11 Å². The Hall–Kier alpha value is -2.37. The zero-order chi connectivity index (χ0) is 14.4. The van der Waals surface area contributed by atoms with Crippen molar-refractivity contribution in [3.63, 3.8) is 0 Å². The Balaban J connectivity index is 2.56. The summed E-state index contributed by atoms with van der Waals surface area (Å²) in [7, 11) is 0. The molecule has 0 aromatic heterocycles. The summed E-state index contributed by atoms with van der Waals surface area (Å²) in [5.41, 5.74) is 2.41. The molecule has 3 N–H and O–H groups in total. The first-order valence-corrected chi connectivity index (χ1v) is 5.79. The second kappa shape index (κ2) is 6.53. The number of carbonyl (C=O) groups is 3. The molecular weight excluding hydrogens is 248 g/mol. The highest BCUT2D eigenvalue weighted by Gasteiger charge is 2.11. The number of rotatable bonds is 4. The van der Waals surface area contributed by atoms with Crippen LogP contribution in [0.15, 0.2) is 18.2 Å². The van der Waals surface area contributed by atoms with Gasteiger partial charge in [-0.1, -0.05) is 18.2 Å². The van der Waals surface area contributed by atoms with Crippen LogP contribution >= 0.6 is 0 Å². The summed E-state index contributed by atoms with van der Waals surface area (Å²) < 4.78 is 0. The van der Waals surface area contributed by atoms with Gasteiger partial charge in [0.15, 0.2) is 0 Å². The molecule has 1 aromatic carbocycles. The predicted molar refractivity (Wildman–Crippen MR) is 69.9 cm³/mol. The molecule has 0 aliphatic carbocycles. The lowest BCUT2D eigenvalue weighted by molar-refractivity contribution is -0.138. The number of hydrogen-bond donors (Lipinski definition) is 3. The minimum absolute atomic E-state index is 0.227. The Morgan fingerprint density at radius 3 is 2.21 bits per heavy atom. The van der Waals surface area contributed by atoms with Gasteiger partial charge >= 0.3 is 12.0 Å². The van der Waals surface area contributed by atoms with E-state index >= 15 is 0 Å². The van der Waals surface area contributed by atoms with Gasteiger partial charge < -0.3 is 10.4 Å². The second-order valence-electron chi connectivity index (χ2n) is 4.16. The molecule has 0 unspecified atom stereocenters. The standard InChI is InChI=1S/C13H16N2O4/c1-8-4-3-5-9(2)12(8)15-13(19)14-10(16)6-7-11(17)18/h3-5H,6-7H2,1-2H3,(H,17,18)(H2,14,15,16,19). The normalized spacial score (nSPS) is 9.79. The zero-order valence-corrected chi connectivity index (χ0v) is 10.8. The third-order valence-corrected chi connectivity index (χ3v) is 2.54. The van der Waals surface area contributed by atoms with E-state index in [1.807, 2.05) is 32.0 Å². The summed E-state index contributed by atoms with van der Waals surface area (Å²) in [4.78, 5) is 33.2. The van der Waals surface area contributed by atoms with Crippen molar-refractivity contribution < 1.29 is 19.5 Å². The lowest BCUT2D eigenvalue weighted by Gasteiger charge is -2.11. The SMILES string of the molecule is Cc1cccc(C)c1NC(=O)NC(=O)CCC(=O)O. The van der Waals surface area contributed by atoms with Gasteiger partial charge in [0.1, 0.15) is 0 Å². The first kappa shape index (κ1) is 14.7. The molecule has 0 atom stereocenters. The van der Waals surface area contributed by atoms with Crippen molar-refractivity contribution in [2.75, 3.05) is 5.32 Å². The van der Waals surface area contributed by atoms with Crippen molar-refractivity contribution in [2.24, 2.45) is 0 Å². The number of para-hydroxylation sites is 1. The van der Waals surface area contributed by atoms with E-state index in [-0.39, 0.29) is 12.8 Å². The van der Waals surface area contributed by atoms with Gasteiger partial charge in [0.2, 0.25) is 5.91 Å². The fourth-order valence-corrected chi connectivity index (χ4v) is 1.57. The molecular formula is C13H16N2O4. The van der Waals surface area contributed by atoms with Gasteiger partial charge in [0, 0.05) is 12.1 Å². The van der Waals surface area contributed by atoms with E-state index in [1.54, 1.807) is 0 Å². The van der Waals surface area contributed by atoms with Gasteiger partial charge in [-0.05, 0) is 25.0 Å². The van der Waals surface area contributed by atoms with Gasteiger partial charge in [-0.15, -0.1) is 0 Å². The first-order valence-electron chi connectivity index (χ1n) is 5.79. The molecule has 1 aromatic rings. The van der Waals surface area contributed by atoms with Crippen LogP contribution in [0.3, 0.4) is 0 Å². The summed E-state index contributed by atoms with van der Waals surface area (Å²) in [5, 5.41) is 13.1. The average molecular weight is 264 g/mol. The molecule has 3 amide bonds. The summed E-state index contributed by atoms with van der Waals surface area (Å²) in [6.07, 6.45) is -0.530. The second-order valence-corrected chi connectivity index (χ2v) is 4.16. The number of urea groups is 1. The van der Waals surface area contributed by atoms with E-state index in [9.17, 15) is 14.4 Å². The minimum Gasteiger partial charge on any atom is -0.481 e. The van der Waals surface area contributed by atoms with Crippen molar-refractivity contribution in [3.05, 3.63) is 29.3 Å². The number of benzene rings is 1. The van der Waals surface area contributed by atoms with E-state index in [0.717, 1.165) is 11.1 Å². The van der Waals surface area contributed by atoms with Gasteiger partial charge in [-0.25, -0.2) is 4.79 Å². The Morgan fingerprint density at radius 1 is 1.11 bits per heavy atom. The molecule has 0 spiro atoms. The number of hydrogen-bond acceptors (Lipinski definition) is 3. The topological polar surface area (TPSA) is 95.5 Å².